The Morgan fingerprint density at radius 3 is 2.62 bits per heavy atom. The summed E-state index contributed by atoms with van der Waals surface area (Å²) >= 11 is 7.84. The SMILES string of the molecule is C#C.C=CCC(=O)NCc1cccnc1.CC1=C(C)Sc2ccccc2C(Cl)=N1. The van der Waals surface area contributed by atoms with Gasteiger partial charge in [0.05, 0.1) is 0 Å². The summed E-state index contributed by atoms with van der Waals surface area (Å²) in [6.45, 7) is 8.06. The van der Waals surface area contributed by atoms with Gasteiger partial charge in [-0.05, 0) is 31.5 Å². The van der Waals surface area contributed by atoms with Crippen LogP contribution in [0.25, 0.3) is 0 Å². The molecule has 0 unspecified atom stereocenters. The second kappa shape index (κ2) is 13.4. The van der Waals surface area contributed by atoms with Crippen molar-refractivity contribution in [3.05, 3.63) is 83.2 Å². The summed E-state index contributed by atoms with van der Waals surface area (Å²) in [4.78, 5) is 21.7. The third kappa shape index (κ3) is 8.39. The lowest BCUT2D eigenvalue weighted by atomic mass is 10.2. The number of nitrogens with one attached hydrogen (secondary N) is 1. The third-order valence-corrected chi connectivity index (χ3v) is 5.16. The summed E-state index contributed by atoms with van der Waals surface area (Å²) in [6, 6.07) is 11.8. The summed E-state index contributed by atoms with van der Waals surface area (Å²) in [5, 5.41) is 3.34. The first-order chi connectivity index (χ1) is 14.0. The molecule has 0 bridgehead atoms. The van der Waals surface area contributed by atoms with E-state index in [0.29, 0.717) is 18.1 Å². The van der Waals surface area contributed by atoms with Gasteiger partial charge in [0.1, 0.15) is 5.17 Å². The highest BCUT2D eigenvalue weighted by Crippen LogP contribution is 2.35. The van der Waals surface area contributed by atoms with Crippen LogP contribution in [0.2, 0.25) is 0 Å². The van der Waals surface area contributed by atoms with Crippen LogP contribution in [0.15, 0.2) is 81.9 Å². The first-order valence-electron chi connectivity index (χ1n) is 8.80. The zero-order valence-electron chi connectivity index (χ0n) is 16.6. The predicted octanol–water partition coefficient (Wildman–Crippen LogP) is 5.55. The fraction of sp³-hybridized carbons (Fsp3) is 0.174. The van der Waals surface area contributed by atoms with Crippen molar-refractivity contribution in [3.63, 3.8) is 0 Å². The van der Waals surface area contributed by atoms with Crippen molar-refractivity contribution >= 4 is 34.4 Å². The van der Waals surface area contributed by atoms with Crippen LogP contribution in [0.3, 0.4) is 0 Å². The lowest BCUT2D eigenvalue weighted by Crippen LogP contribution is -2.21. The number of nitrogens with zero attached hydrogens (tertiary/aromatic N) is 2. The predicted molar refractivity (Wildman–Crippen MR) is 124 cm³/mol. The maximum atomic E-state index is 11.0. The van der Waals surface area contributed by atoms with Gasteiger partial charge in [-0.2, -0.15) is 0 Å². The van der Waals surface area contributed by atoms with Gasteiger partial charge >= 0.3 is 0 Å². The number of hydrogen-bond acceptors (Lipinski definition) is 4. The summed E-state index contributed by atoms with van der Waals surface area (Å²) in [5.74, 6) is -0.0150. The Labute approximate surface area is 182 Å². The van der Waals surface area contributed by atoms with Gasteiger partial charge in [-0.25, -0.2) is 4.99 Å². The zero-order valence-corrected chi connectivity index (χ0v) is 18.1. The van der Waals surface area contributed by atoms with Crippen molar-refractivity contribution in [3.8, 4) is 12.8 Å². The van der Waals surface area contributed by atoms with Crippen LogP contribution in [-0.4, -0.2) is 16.1 Å². The van der Waals surface area contributed by atoms with Crippen molar-refractivity contribution in [2.45, 2.75) is 31.7 Å². The van der Waals surface area contributed by atoms with Gasteiger partial charge in [0.2, 0.25) is 5.91 Å². The van der Waals surface area contributed by atoms with Crippen molar-refractivity contribution in [1.29, 1.82) is 0 Å². The van der Waals surface area contributed by atoms with Crippen LogP contribution in [0.5, 0.6) is 0 Å². The normalized spacial score (nSPS) is 12.0. The molecular weight excluding hydrogens is 402 g/mol. The number of pyridine rings is 1. The lowest BCUT2D eigenvalue weighted by Gasteiger charge is -2.03. The standard InChI is InChI=1S/C11H10ClNS.C10H12N2O.C2H2/c1-7-8(2)14-10-6-4-3-5-9(10)11(12)13-7;1-2-4-10(13)12-8-9-5-3-6-11-7-9;1-2/h3-6H,1-2H3;2-3,5-7H,1,4,8H2,(H,12,13);1-2H. The van der Waals surface area contributed by atoms with Gasteiger partial charge in [-0.3, -0.25) is 9.78 Å². The van der Waals surface area contributed by atoms with Crippen molar-refractivity contribution in [2.75, 3.05) is 0 Å². The molecule has 0 aliphatic carbocycles. The number of allylic oxidation sites excluding steroid dienone is 2. The Hall–Kier alpha value is -2.81. The zero-order chi connectivity index (χ0) is 21.6. The lowest BCUT2D eigenvalue weighted by molar-refractivity contribution is -0.120. The highest BCUT2D eigenvalue weighted by Gasteiger charge is 2.13. The minimum Gasteiger partial charge on any atom is -0.352 e. The molecule has 0 fully saturated rings. The third-order valence-electron chi connectivity index (χ3n) is 3.69. The number of carbonyl (C=O) groups is 1. The number of fused-ring (bicyclic) bond motifs is 1. The number of halogens is 1. The fourth-order valence-electron chi connectivity index (χ4n) is 2.16. The Morgan fingerprint density at radius 1 is 1.24 bits per heavy atom. The molecule has 29 heavy (non-hydrogen) atoms. The maximum Gasteiger partial charge on any atom is 0.224 e. The van der Waals surface area contributed by atoms with Crippen LogP contribution in [-0.2, 0) is 11.3 Å². The number of aliphatic imine (C=N–C) groups is 1. The highest BCUT2D eigenvalue weighted by molar-refractivity contribution is 8.03. The molecule has 1 amide bonds. The summed E-state index contributed by atoms with van der Waals surface area (Å²) in [7, 11) is 0. The van der Waals surface area contributed by atoms with E-state index in [-0.39, 0.29) is 5.91 Å². The summed E-state index contributed by atoms with van der Waals surface area (Å²) < 4.78 is 0. The van der Waals surface area contributed by atoms with Crippen LogP contribution in [0.4, 0.5) is 0 Å². The van der Waals surface area contributed by atoms with Crippen LogP contribution in [0.1, 0.15) is 31.4 Å². The van der Waals surface area contributed by atoms with Gasteiger partial charge in [0.15, 0.2) is 0 Å². The van der Waals surface area contributed by atoms with Crippen LogP contribution < -0.4 is 5.32 Å². The average Bonchev–Trinajstić information content (AvgIpc) is 2.85. The molecule has 2 aromatic rings. The van der Waals surface area contributed by atoms with E-state index in [0.717, 1.165) is 16.8 Å². The van der Waals surface area contributed by atoms with E-state index in [1.165, 1.54) is 9.80 Å². The van der Waals surface area contributed by atoms with Crippen molar-refractivity contribution < 1.29 is 4.79 Å². The van der Waals surface area contributed by atoms with Crippen LogP contribution >= 0.6 is 23.4 Å². The van der Waals surface area contributed by atoms with E-state index in [2.05, 4.69) is 47.7 Å². The number of amides is 1. The van der Waals surface area contributed by atoms with Gasteiger partial charge in [0, 0.05) is 46.4 Å². The van der Waals surface area contributed by atoms with Gasteiger partial charge in [-0.15, -0.1) is 19.4 Å². The number of thioether (sulfide) groups is 1. The molecular formula is C23H24ClN3OS. The summed E-state index contributed by atoms with van der Waals surface area (Å²) in [6.07, 6.45) is 13.4. The monoisotopic (exact) mass is 425 g/mol. The molecule has 150 valence electrons. The number of aromatic nitrogens is 1. The first-order valence-corrected chi connectivity index (χ1v) is 9.99. The van der Waals surface area contributed by atoms with E-state index >= 15 is 0 Å². The quantitative estimate of drug-likeness (QED) is 0.515. The van der Waals surface area contributed by atoms with Gasteiger partial charge < -0.3 is 5.32 Å². The molecule has 0 saturated heterocycles. The minimum absolute atomic E-state index is 0.0150. The topological polar surface area (TPSA) is 54.4 Å². The van der Waals surface area contributed by atoms with E-state index < -0.39 is 0 Å². The highest BCUT2D eigenvalue weighted by atomic mass is 35.5. The molecule has 2 heterocycles. The molecule has 1 aromatic heterocycles. The van der Waals surface area contributed by atoms with E-state index in [9.17, 15) is 4.79 Å². The van der Waals surface area contributed by atoms with Gasteiger partial charge in [-0.1, -0.05) is 53.7 Å². The van der Waals surface area contributed by atoms with E-state index in [4.69, 9.17) is 11.6 Å². The number of terminal acetylenes is 1. The molecule has 0 spiro atoms. The van der Waals surface area contributed by atoms with E-state index in [1.54, 1.807) is 30.2 Å². The Morgan fingerprint density at radius 2 is 1.97 bits per heavy atom. The largest absolute Gasteiger partial charge is 0.352 e. The smallest absolute Gasteiger partial charge is 0.224 e. The molecule has 4 nitrogen and oxygen atoms in total. The number of rotatable bonds is 4. The van der Waals surface area contributed by atoms with E-state index in [1.807, 2.05) is 37.3 Å². The number of carbonyl (C=O) groups excluding carboxylic acids is 1. The Bertz CT molecular complexity index is 905. The summed E-state index contributed by atoms with van der Waals surface area (Å²) in [5.41, 5.74) is 3.02. The second-order valence-electron chi connectivity index (χ2n) is 5.77. The first kappa shape index (κ1) is 24.2. The van der Waals surface area contributed by atoms with Crippen molar-refractivity contribution in [1.82, 2.24) is 10.3 Å². The second-order valence-corrected chi connectivity index (χ2v) is 7.39. The Kier molecular flexibility index (Phi) is 11.2. The molecule has 0 radical (unpaired) electrons. The molecule has 1 aromatic carbocycles. The average molecular weight is 426 g/mol. The molecule has 1 aliphatic heterocycles. The minimum atomic E-state index is -0.0150. The number of hydrogen-bond donors (Lipinski definition) is 1. The molecule has 1 aliphatic rings. The molecule has 0 atom stereocenters. The van der Waals surface area contributed by atoms with Crippen LogP contribution in [0, 0.1) is 12.8 Å². The molecule has 1 N–H and O–H groups in total. The maximum absolute atomic E-state index is 11.0. The number of benzene rings is 1. The molecule has 6 heteroatoms. The van der Waals surface area contributed by atoms with Gasteiger partial charge in [0.25, 0.3) is 0 Å². The molecule has 3 rings (SSSR count). The molecule has 0 saturated carbocycles. The Balaban J connectivity index is 0.000000268. The fourth-order valence-corrected chi connectivity index (χ4v) is 3.45. The van der Waals surface area contributed by atoms with Crippen molar-refractivity contribution in [2.24, 2.45) is 4.99 Å².